The van der Waals surface area contributed by atoms with Crippen molar-refractivity contribution in [3.05, 3.63) is 226 Å². The van der Waals surface area contributed by atoms with Gasteiger partial charge in [0, 0.05) is 49.7 Å². The number of hydrogen-bond donors (Lipinski definition) is 0. The summed E-state index contributed by atoms with van der Waals surface area (Å²) >= 11 is 0. The minimum atomic E-state index is 0.282. The minimum absolute atomic E-state index is 0.282. The fourth-order valence-electron chi connectivity index (χ4n) is 10.1. The van der Waals surface area contributed by atoms with Crippen LogP contribution in [0.4, 0.5) is 0 Å². The van der Waals surface area contributed by atoms with Crippen molar-refractivity contribution in [2.45, 2.75) is 27.7 Å². The van der Waals surface area contributed by atoms with E-state index < -0.39 is 0 Å². The molecular formula is C65H42N8. The van der Waals surface area contributed by atoms with Gasteiger partial charge in [-0.2, -0.15) is 21.0 Å². The number of aromatic nitrogens is 4. The van der Waals surface area contributed by atoms with Crippen LogP contribution in [-0.4, -0.2) is 19.5 Å². The van der Waals surface area contributed by atoms with Crippen LogP contribution >= 0.6 is 0 Å². The fraction of sp³-hybridized carbons (Fsp3) is 0.0615. The lowest BCUT2D eigenvalue weighted by molar-refractivity contribution is 1.07. The summed E-state index contributed by atoms with van der Waals surface area (Å²) in [7, 11) is 0. The Labute approximate surface area is 423 Å². The van der Waals surface area contributed by atoms with E-state index in [-0.39, 0.29) is 11.1 Å². The molecule has 0 atom stereocenters. The van der Waals surface area contributed by atoms with E-state index in [0.717, 1.165) is 55.2 Å². The Bertz CT molecular complexity index is 3930. The SMILES string of the molecule is Cc1cc(C)cc(-c2ccc3c(c2)c2cc(-c4cc(C)cc(C)c4)ccc2n3-c2c(-c3ccc(C#N)cc3C#N)cc(-c3nc(-c4ccccc4)nc(-c4ccccc4)n3)cc2-c2ccc(C#N)cc2C#N)c1. The van der Waals surface area contributed by atoms with Crippen LogP contribution in [0.25, 0.3) is 106 Å². The number of rotatable bonds is 8. The van der Waals surface area contributed by atoms with E-state index in [0.29, 0.717) is 62.1 Å². The molecule has 2 heterocycles. The first-order valence-corrected chi connectivity index (χ1v) is 23.8. The molecule has 11 rings (SSSR count). The Hall–Kier alpha value is -10.3. The van der Waals surface area contributed by atoms with E-state index in [1.807, 2.05) is 84.9 Å². The monoisotopic (exact) mass is 934 g/mol. The predicted molar refractivity (Wildman–Crippen MR) is 290 cm³/mol. The van der Waals surface area contributed by atoms with Crippen molar-refractivity contribution >= 4 is 21.8 Å². The first kappa shape index (κ1) is 45.2. The average molecular weight is 935 g/mol. The molecule has 0 aliphatic rings. The van der Waals surface area contributed by atoms with Crippen molar-refractivity contribution in [2.24, 2.45) is 0 Å². The predicted octanol–water partition coefficient (Wildman–Crippen LogP) is 15.4. The first-order chi connectivity index (χ1) is 35.6. The second-order valence-corrected chi connectivity index (χ2v) is 18.5. The number of aryl methyl sites for hydroxylation is 4. The molecule has 0 unspecified atom stereocenters. The van der Waals surface area contributed by atoms with Crippen molar-refractivity contribution in [3.8, 4) is 109 Å². The molecule has 8 heteroatoms. The van der Waals surface area contributed by atoms with Gasteiger partial charge in [0.15, 0.2) is 17.5 Å². The van der Waals surface area contributed by atoms with Crippen molar-refractivity contribution in [2.75, 3.05) is 0 Å². The maximum Gasteiger partial charge on any atom is 0.164 e. The summed E-state index contributed by atoms with van der Waals surface area (Å²) in [5.74, 6) is 1.29. The van der Waals surface area contributed by atoms with Crippen LogP contribution in [0.2, 0.25) is 0 Å². The average Bonchev–Trinajstić information content (AvgIpc) is 3.75. The highest BCUT2D eigenvalue weighted by molar-refractivity contribution is 6.13. The van der Waals surface area contributed by atoms with Crippen LogP contribution in [-0.2, 0) is 0 Å². The van der Waals surface area contributed by atoms with Crippen LogP contribution in [0.3, 0.4) is 0 Å². The molecule has 11 aromatic rings. The van der Waals surface area contributed by atoms with Crippen molar-refractivity contribution in [1.82, 2.24) is 19.5 Å². The number of nitriles is 4. The van der Waals surface area contributed by atoms with Gasteiger partial charge in [-0.05, 0) is 111 Å². The van der Waals surface area contributed by atoms with E-state index >= 15 is 0 Å². The third-order valence-corrected chi connectivity index (χ3v) is 13.3. The smallest absolute Gasteiger partial charge is 0.164 e. The summed E-state index contributed by atoms with van der Waals surface area (Å²) in [6.45, 7) is 8.46. The van der Waals surface area contributed by atoms with Gasteiger partial charge in [-0.15, -0.1) is 0 Å². The summed E-state index contributed by atoms with van der Waals surface area (Å²) in [6.07, 6.45) is 0. The second-order valence-electron chi connectivity index (χ2n) is 18.5. The highest BCUT2D eigenvalue weighted by Gasteiger charge is 2.26. The van der Waals surface area contributed by atoms with E-state index in [4.69, 9.17) is 15.0 Å². The molecule has 0 amide bonds. The number of hydrogen-bond acceptors (Lipinski definition) is 7. The van der Waals surface area contributed by atoms with Crippen molar-refractivity contribution in [1.29, 1.82) is 21.0 Å². The van der Waals surface area contributed by atoms with Gasteiger partial charge in [-0.1, -0.05) is 144 Å². The number of benzene rings is 9. The van der Waals surface area contributed by atoms with Crippen molar-refractivity contribution in [3.63, 3.8) is 0 Å². The molecule has 2 aromatic heterocycles. The normalized spacial score (nSPS) is 11.0. The van der Waals surface area contributed by atoms with Gasteiger partial charge in [0.2, 0.25) is 0 Å². The number of fused-ring (bicyclic) bond motifs is 3. The minimum Gasteiger partial charge on any atom is -0.308 e. The third-order valence-electron chi connectivity index (χ3n) is 13.3. The third kappa shape index (κ3) is 8.43. The second kappa shape index (κ2) is 18.6. The zero-order valence-electron chi connectivity index (χ0n) is 40.4. The highest BCUT2D eigenvalue weighted by Crippen LogP contribution is 2.46. The summed E-state index contributed by atoms with van der Waals surface area (Å²) in [4.78, 5) is 15.3. The molecule has 0 N–H and O–H groups in total. The zero-order valence-corrected chi connectivity index (χ0v) is 40.4. The highest BCUT2D eigenvalue weighted by atomic mass is 15.0. The molecule has 0 radical (unpaired) electrons. The molecule has 0 aliphatic carbocycles. The molecular weight excluding hydrogens is 893 g/mol. The molecule has 73 heavy (non-hydrogen) atoms. The maximum absolute atomic E-state index is 11.0. The van der Waals surface area contributed by atoms with Crippen LogP contribution in [0, 0.1) is 73.0 Å². The van der Waals surface area contributed by atoms with Gasteiger partial charge < -0.3 is 4.57 Å². The zero-order chi connectivity index (χ0) is 50.3. The summed E-state index contributed by atoms with van der Waals surface area (Å²) in [6, 6.07) is 69.3. The standard InChI is InChI=1S/C65H42N8/c1-39-23-40(2)26-49(25-39)47-17-21-60-56(31-47)57-32-48(50-27-41(3)24-42(4)28-50)18-22-61(57)73(60)62-58(54-19-15-43(35-66)29-52(54)37-68)33-51(34-59(62)55-20-16-44(36-67)30-53(55)38-69)65-71-63(45-11-7-5-8-12-45)70-64(72-65)46-13-9-6-10-14-46/h5-34H,1-4H3. The Morgan fingerprint density at radius 1 is 0.329 bits per heavy atom. The van der Waals surface area contributed by atoms with Gasteiger partial charge in [-0.25, -0.2) is 15.0 Å². The Morgan fingerprint density at radius 3 is 1.11 bits per heavy atom. The topological polar surface area (TPSA) is 139 Å². The van der Waals surface area contributed by atoms with Crippen LogP contribution in [0.15, 0.2) is 182 Å². The molecule has 0 saturated carbocycles. The largest absolute Gasteiger partial charge is 0.308 e. The number of nitrogens with zero attached hydrogens (tertiary/aromatic N) is 8. The van der Waals surface area contributed by atoms with Crippen LogP contribution < -0.4 is 0 Å². The maximum atomic E-state index is 11.0. The first-order valence-electron chi connectivity index (χ1n) is 23.8. The summed E-state index contributed by atoms with van der Waals surface area (Å²) in [5.41, 5.74) is 17.2. The van der Waals surface area contributed by atoms with Gasteiger partial charge >= 0.3 is 0 Å². The molecule has 8 nitrogen and oxygen atoms in total. The van der Waals surface area contributed by atoms with Gasteiger partial charge in [0.25, 0.3) is 0 Å². The molecule has 342 valence electrons. The van der Waals surface area contributed by atoms with E-state index in [9.17, 15) is 21.0 Å². The molecule has 9 aromatic carbocycles. The molecule has 0 spiro atoms. The quantitative estimate of drug-likeness (QED) is 0.148. The van der Waals surface area contributed by atoms with Crippen molar-refractivity contribution < 1.29 is 0 Å². The van der Waals surface area contributed by atoms with Gasteiger partial charge in [0.1, 0.15) is 0 Å². The lowest BCUT2D eigenvalue weighted by Gasteiger charge is -2.22. The fourth-order valence-corrected chi connectivity index (χ4v) is 10.1. The molecule has 0 aliphatic heterocycles. The molecule has 0 bridgehead atoms. The van der Waals surface area contributed by atoms with Crippen LogP contribution in [0.5, 0.6) is 0 Å². The Kier molecular flexibility index (Phi) is 11.5. The van der Waals surface area contributed by atoms with E-state index in [1.54, 1.807) is 24.3 Å². The summed E-state index contributed by atoms with van der Waals surface area (Å²) in [5, 5.41) is 44.2. The van der Waals surface area contributed by atoms with E-state index in [1.165, 1.54) is 22.3 Å². The van der Waals surface area contributed by atoms with Gasteiger partial charge in [-0.3, -0.25) is 0 Å². The molecule has 0 fully saturated rings. The lowest BCUT2D eigenvalue weighted by Crippen LogP contribution is -2.05. The summed E-state index contributed by atoms with van der Waals surface area (Å²) < 4.78 is 2.23. The Morgan fingerprint density at radius 2 is 0.726 bits per heavy atom. The van der Waals surface area contributed by atoms with Gasteiger partial charge in [0.05, 0.1) is 63.3 Å². The molecule has 0 saturated heterocycles. The van der Waals surface area contributed by atoms with Crippen LogP contribution in [0.1, 0.15) is 44.5 Å². The van der Waals surface area contributed by atoms with E-state index in [2.05, 4.69) is 129 Å². The Balaban J connectivity index is 1.31. The lowest BCUT2D eigenvalue weighted by atomic mass is 9.88.